The summed E-state index contributed by atoms with van der Waals surface area (Å²) in [6.07, 6.45) is 2.29. The molecule has 0 saturated carbocycles. The summed E-state index contributed by atoms with van der Waals surface area (Å²) in [7, 11) is -2.70. The van der Waals surface area contributed by atoms with Gasteiger partial charge in [-0.15, -0.1) is 0 Å². The third-order valence-corrected chi connectivity index (χ3v) is 6.28. The lowest BCUT2D eigenvalue weighted by Crippen LogP contribution is -2.42. The third-order valence-electron chi connectivity index (χ3n) is 4.59. The van der Waals surface area contributed by atoms with Crippen molar-refractivity contribution in [3.8, 4) is 5.75 Å². The number of ether oxygens (including phenoxy) is 1. The monoisotopic (exact) mass is 401 g/mol. The lowest BCUT2D eigenvalue weighted by Gasteiger charge is -2.32. The van der Waals surface area contributed by atoms with Crippen molar-refractivity contribution in [1.29, 1.82) is 0 Å². The highest BCUT2D eigenvalue weighted by atomic mass is 32.2. The van der Waals surface area contributed by atoms with E-state index < -0.39 is 40.2 Å². The van der Waals surface area contributed by atoms with Crippen LogP contribution in [-0.4, -0.2) is 36.8 Å². The van der Waals surface area contributed by atoms with E-state index in [2.05, 4.69) is 0 Å². The molecule has 0 fully saturated rings. The number of carboxylic acid groups (broad SMARTS) is 1. The molecule has 2 aromatic rings. The lowest BCUT2D eigenvalue weighted by molar-refractivity contribution is -0.142. The topological polar surface area (TPSA) is 101 Å². The number of amides is 1. The summed E-state index contributed by atoms with van der Waals surface area (Å²) in [5.74, 6) is -3.01. The first-order chi connectivity index (χ1) is 13.3. The molecule has 2 unspecified atom stereocenters. The van der Waals surface area contributed by atoms with E-state index in [1.807, 2.05) is 6.07 Å². The molecule has 1 aliphatic heterocycles. The van der Waals surface area contributed by atoms with Gasteiger partial charge in [-0.25, -0.2) is 12.7 Å². The van der Waals surface area contributed by atoms with Crippen molar-refractivity contribution in [3.63, 3.8) is 0 Å². The predicted octanol–water partition coefficient (Wildman–Crippen LogP) is 2.61. The van der Waals surface area contributed by atoms with E-state index in [1.165, 1.54) is 37.6 Å². The fraction of sp³-hybridized carbons (Fsp3) is 0.200. The smallest absolute Gasteiger partial charge is 0.304 e. The van der Waals surface area contributed by atoms with E-state index in [9.17, 15) is 23.1 Å². The number of hydrogen-bond donors (Lipinski definition) is 1. The second kappa shape index (κ2) is 7.85. The molecule has 1 amide bonds. The summed E-state index contributed by atoms with van der Waals surface area (Å²) in [6.45, 7) is 0. The van der Waals surface area contributed by atoms with Crippen molar-refractivity contribution in [2.75, 3.05) is 7.11 Å². The van der Waals surface area contributed by atoms with Gasteiger partial charge in [0, 0.05) is 12.1 Å². The van der Waals surface area contributed by atoms with Crippen molar-refractivity contribution >= 4 is 21.9 Å². The SMILES string of the molecule is COc1ccc(S(=O)(=O)N2C=CC(c3ccccc3)C(CC(=O)O)C2=O)cc1. The third kappa shape index (κ3) is 3.77. The Morgan fingerprint density at radius 2 is 1.75 bits per heavy atom. The van der Waals surface area contributed by atoms with Gasteiger partial charge in [-0.05, 0) is 29.8 Å². The molecule has 0 aliphatic carbocycles. The molecule has 1 heterocycles. The maximum atomic E-state index is 13.0. The normalized spacial score (nSPS) is 19.5. The highest BCUT2D eigenvalue weighted by Gasteiger charge is 2.40. The minimum atomic E-state index is -4.16. The Hall–Kier alpha value is -3.13. The Labute approximate surface area is 162 Å². The number of carboxylic acids is 1. The van der Waals surface area contributed by atoms with Gasteiger partial charge in [0.1, 0.15) is 5.75 Å². The van der Waals surface area contributed by atoms with E-state index in [-0.39, 0.29) is 4.90 Å². The molecule has 0 aromatic heterocycles. The van der Waals surface area contributed by atoms with Gasteiger partial charge >= 0.3 is 5.97 Å². The van der Waals surface area contributed by atoms with Gasteiger partial charge < -0.3 is 9.84 Å². The molecule has 7 nitrogen and oxygen atoms in total. The molecule has 2 aromatic carbocycles. The molecule has 28 heavy (non-hydrogen) atoms. The van der Waals surface area contributed by atoms with Crippen LogP contribution in [-0.2, 0) is 19.6 Å². The quantitative estimate of drug-likeness (QED) is 0.799. The molecule has 2 atom stereocenters. The summed E-state index contributed by atoms with van der Waals surface area (Å²) in [5, 5.41) is 9.25. The standard InChI is InChI=1S/C20H19NO6S/c1-27-15-7-9-16(10-8-15)28(25,26)21-12-11-17(14-5-3-2-4-6-14)18(20(21)24)13-19(22)23/h2-12,17-18H,13H2,1H3,(H,22,23). The summed E-state index contributed by atoms with van der Waals surface area (Å²) >= 11 is 0. The van der Waals surface area contributed by atoms with Gasteiger partial charge in [0.2, 0.25) is 5.91 Å². The van der Waals surface area contributed by atoms with E-state index in [1.54, 1.807) is 30.3 Å². The number of carbonyl (C=O) groups excluding carboxylic acids is 1. The molecule has 1 aliphatic rings. The number of sulfonamides is 1. The Balaban J connectivity index is 2.00. The fourth-order valence-electron chi connectivity index (χ4n) is 3.18. The first-order valence-electron chi connectivity index (χ1n) is 8.52. The highest BCUT2D eigenvalue weighted by Crippen LogP contribution is 2.36. The lowest BCUT2D eigenvalue weighted by atomic mass is 9.82. The zero-order valence-electron chi connectivity index (χ0n) is 15.1. The number of nitrogens with zero attached hydrogens (tertiary/aromatic N) is 1. The first-order valence-corrected chi connectivity index (χ1v) is 9.96. The van der Waals surface area contributed by atoms with Crippen LogP contribution in [0.15, 0.2) is 71.8 Å². The number of hydrogen-bond acceptors (Lipinski definition) is 5. The molecule has 0 radical (unpaired) electrons. The van der Waals surface area contributed by atoms with Gasteiger partial charge in [0.25, 0.3) is 10.0 Å². The molecular weight excluding hydrogens is 382 g/mol. The van der Waals surface area contributed by atoms with Crippen LogP contribution in [0.5, 0.6) is 5.75 Å². The zero-order chi connectivity index (χ0) is 20.3. The van der Waals surface area contributed by atoms with Gasteiger partial charge in [-0.1, -0.05) is 36.4 Å². The van der Waals surface area contributed by atoms with Crippen LogP contribution >= 0.6 is 0 Å². The molecule has 1 N–H and O–H groups in total. The van der Waals surface area contributed by atoms with Crippen LogP contribution in [0, 0.1) is 5.92 Å². The minimum absolute atomic E-state index is 0.0847. The molecule has 3 rings (SSSR count). The van der Waals surface area contributed by atoms with Gasteiger partial charge in [0.15, 0.2) is 0 Å². The molecular formula is C20H19NO6S. The Kier molecular flexibility index (Phi) is 5.51. The second-order valence-electron chi connectivity index (χ2n) is 6.30. The Morgan fingerprint density at radius 1 is 1.11 bits per heavy atom. The van der Waals surface area contributed by atoms with Crippen LogP contribution in [0.1, 0.15) is 17.9 Å². The minimum Gasteiger partial charge on any atom is -0.497 e. The number of allylic oxidation sites excluding steroid dienone is 1. The first kappa shape index (κ1) is 19.6. The van der Waals surface area contributed by atoms with Crippen LogP contribution < -0.4 is 4.74 Å². The largest absolute Gasteiger partial charge is 0.497 e. The van der Waals surface area contributed by atoms with Gasteiger partial charge in [-0.3, -0.25) is 9.59 Å². The average Bonchev–Trinajstić information content (AvgIpc) is 2.69. The molecule has 0 saturated heterocycles. The summed E-state index contributed by atoms with van der Waals surface area (Å²) in [6, 6.07) is 14.6. The van der Waals surface area contributed by atoms with Crippen LogP contribution in [0.25, 0.3) is 0 Å². The fourth-order valence-corrected chi connectivity index (χ4v) is 4.49. The number of carbonyl (C=O) groups is 2. The molecule has 146 valence electrons. The number of aliphatic carboxylic acids is 1. The van der Waals surface area contributed by atoms with Crippen molar-refractivity contribution in [2.45, 2.75) is 17.2 Å². The van der Waals surface area contributed by atoms with Gasteiger partial charge in [0.05, 0.1) is 24.3 Å². The van der Waals surface area contributed by atoms with Crippen LogP contribution in [0.2, 0.25) is 0 Å². The Morgan fingerprint density at radius 3 is 2.32 bits per heavy atom. The van der Waals surface area contributed by atoms with Crippen molar-refractivity contribution in [2.24, 2.45) is 5.92 Å². The predicted molar refractivity (Wildman–Crippen MR) is 101 cm³/mol. The summed E-state index contributed by atoms with van der Waals surface area (Å²) in [5.41, 5.74) is 0.750. The van der Waals surface area contributed by atoms with E-state index in [4.69, 9.17) is 4.74 Å². The van der Waals surface area contributed by atoms with Crippen molar-refractivity contribution < 1.29 is 27.9 Å². The van der Waals surface area contributed by atoms with Crippen LogP contribution in [0.3, 0.4) is 0 Å². The van der Waals surface area contributed by atoms with E-state index >= 15 is 0 Å². The summed E-state index contributed by atoms with van der Waals surface area (Å²) in [4.78, 5) is 24.2. The highest BCUT2D eigenvalue weighted by molar-refractivity contribution is 7.89. The maximum Gasteiger partial charge on any atom is 0.304 e. The average molecular weight is 401 g/mol. The van der Waals surface area contributed by atoms with Crippen molar-refractivity contribution in [1.82, 2.24) is 4.31 Å². The number of methoxy groups -OCH3 is 1. The second-order valence-corrected chi connectivity index (χ2v) is 8.11. The molecule has 0 spiro atoms. The summed E-state index contributed by atoms with van der Waals surface area (Å²) < 4.78 is 31.5. The van der Waals surface area contributed by atoms with E-state index in [0.29, 0.717) is 10.1 Å². The molecule has 0 bridgehead atoms. The number of rotatable bonds is 6. The molecule has 8 heteroatoms. The number of benzene rings is 2. The van der Waals surface area contributed by atoms with Gasteiger partial charge in [-0.2, -0.15) is 0 Å². The van der Waals surface area contributed by atoms with Crippen LogP contribution in [0.4, 0.5) is 0 Å². The van der Waals surface area contributed by atoms with Crippen molar-refractivity contribution in [3.05, 3.63) is 72.4 Å². The van der Waals surface area contributed by atoms with E-state index in [0.717, 1.165) is 5.56 Å². The maximum absolute atomic E-state index is 13.0. The Bertz CT molecular complexity index is 999. The zero-order valence-corrected chi connectivity index (χ0v) is 15.9.